The number of carbonyl (C=O) groups excluding carboxylic acids is 1. The zero-order valence-electron chi connectivity index (χ0n) is 17.4. The fraction of sp³-hybridized carbons (Fsp3) is 0.182. The molecule has 0 aliphatic carbocycles. The molecule has 0 aliphatic heterocycles. The molecule has 10 heteroatoms. The van der Waals surface area contributed by atoms with Gasteiger partial charge in [0, 0.05) is 23.5 Å². The third-order valence-corrected chi connectivity index (χ3v) is 6.73. The highest BCUT2D eigenvalue weighted by molar-refractivity contribution is 7.89. The summed E-state index contributed by atoms with van der Waals surface area (Å²) in [4.78, 5) is 18.7. The summed E-state index contributed by atoms with van der Waals surface area (Å²) in [5.74, 6) is -0.0134. The molecule has 0 aliphatic rings. The van der Waals surface area contributed by atoms with Crippen LogP contribution in [0.1, 0.15) is 20.9 Å². The number of pyridine rings is 1. The highest BCUT2D eigenvalue weighted by Crippen LogP contribution is 2.36. The molecule has 0 spiro atoms. The van der Waals surface area contributed by atoms with Gasteiger partial charge in [0.25, 0.3) is 0 Å². The van der Waals surface area contributed by atoms with Crippen molar-refractivity contribution in [2.24, 2.45) is 5.14 Å². The molecule has 166 valence electrons. The van der Waals surface area contributed by atoms with Gasteiger partial charge in [-0.25, -0.2) is 23.3 Å². The maximum absolute atomic E-state index is 12.9. The third kappa shape index (κ3) is 4.52. The Morgan fingerprint density at radius 2 is 1.81 bits per heavy atom. The van der Waals surface area contributed by atoms with Gasteiger partial charge in [0.05, 0.1) is 10.6 Å². The molecule has 0 unspecified atom stereocenters. The Labute approximate surface area is 189 Å². The first-order valence-electron chi connectivity index (χ1n) is 9.71. The summed E-state index contributed by atoms with van der Waals surface area (Å²) in [7, 11) is -3.76. The average molecular weight is 472 g/mol. The van der Waals surface area contributed by atoms with E-state index in [1.807, 2.05) is 49.0 Å². The Bertz CT molecular complexity index is 1380. The maximum atomic E-state index is 12.9. The number of hydrogen-bond acceptors (Lipinski definition) is 7. The molecule has 0 amide bonds. The van der Waals surface area contributed by atoms with E-state index in [9.17, 15) is 13.2 Å². The van der Waals surface area contributed by atoms with Gasteiger partial charge in [-0.1, -0.05) is 0 Å². The number of esters is 1. The lowest BCUT2D eigenvalue weighted by atomic mass is 10.1. The number of aromatic nitrogens is 2. The first-order valence-corrected chi connectivity index (χ1v) is 12.1. The number of thiophene rings is 1. The number of benzene rings is 1. The van der Waals surface area contributed by atoms with Gasteiger partial charge in [0.1, 0.15) is 28.7 Å². The predicted molar refractivity (Wildman–Crippen MR) is 122 cm³/mol. The van der Waals surface area contributed by atoms with E-state index in [0.717, 1.165) is 27.2 Å². The normalized spacial score (nSPS) is 11.6. The van der Waals surface area contributed by atoms with Crippen molar-refractivity contribution in [2.45, 2.75) is 18.7 Å². The maximum Gasteiger partial charge on any atom is 0.350 e. The van der Waals surface area contributed by atoms with Gasteiger partial charge in [-0.3, -0.25) is 0 Å². The first-order chi connectivity index (χ1) is 15.2. The Kier molecular flexibility index (Phi) is 6.00. The number of primary sulfonamides is 1. The molecule has 0 atom stereocenters. The fourth-order valence-corrected chi connectivity index (χ4v) is 5.08. The molecule has 2 N–H and O–H groups in total. The smallest absolute Gasteiger partial charge is 0.350 e. The Balaban J connectivity index is 1.48. The number of sulfonamides is 1. The number of carbonyl (C=O) groups is 1. The lowest BCUT2D eigenvalue weighted by Crippen LogP contribution is -2.13. The molecule has 0 fully saturated rings. The monoisotopic (exact) mass is 471 g/mol. The molecule has 4 aromatic rings. The molecule has 0 saturated heterocycles. The largest absolute Gasteiger partial charge is 0.490 e. The van der Waals surface area contributed by atoms with Crippen LogP contribution in [0.4, 0.5) is 0 Å². The van der Waals surface area contributed by atoms with Crippen LogP contribution in [0.25, 0.3) is 15.9 Å². The van der Waals surface area contributed by atoms with Gasteiger partial charge < -0.3 is 14.0 Å². The van der Waals surface area contributed by atoms with Crippen molar-refractivity contribution >= 4 is 37.5 Å². The van der Waals surface area contributed by atoms with E-state index in [4.69, 9.17) is 14.6 Å². The van der Waals surface area contributed by atoms with E-state index < -0.39 is 16.0 Å². The van der Waals surface area contributed by atoms with Gasteiger partial charge in [0.2, 0.25) is 10.0 Å². The van der Waals surface area contributed by atoms with Crippen LogP contribution < -0.4 is 9.88 Å². The predicted octanol–water partition coefficient (Wildman–Crippen LogP) is 3.59. The third-order valence-electron chi connectivity index (χ3n) is 4.75. The van der Waals surface area contributed by atoms with Gasteiger partial charge in [-0.15, -0.1) is 11.3 Å². The molecule has 3 aromatic heterocycles. The van der Waals surface area contributed by atoms with E-state index >= 15 is 0 Å². The lowest BCUT2D eigenvalue weighted by molar-refractivity contribution is 0.0456. The van der Waals surface area contributed by atoms with Crippen LogP contribution in [0.5, 0.6) is 5.75 Å². The average Bonchev–Trinajstić information content (AvgIpc) is 3.38. The summed E-state index contributed by atoms with van der Waals surface area (Å²) in [6.45, 7) is 4.06. The Morgan fingerprint density at radius 1 is 1.12 bits per heavy atom. The minimum Gasteiger partial charge on any atom is -0.490 e. The van der Waals surface area contributed by atoms with Crippen molar-refractivity contribution in [2.75, 3.05) is 13.2 Å². The second-order valence-corrected chi connectivity index (χ2v) is 9.69. The zero-order chi connectivity index (χ0) is 22.9. The molecule has 0 bridgehead atoms. The van der Waals surface area contributed by atoms with Gasteiger partial charge in [-0.05, 0) is 61.9 Å². The van der Waals surface area contributed by atoms with Gasteiger partial charge in [0.15, 0.2) is 0 Å². The number of aryl methyl sites for hydroxylation is 2. The fourth-order valence-electron chi connectivity index (χ4n) is 3.38. The lowest BCUT2D eigenvalue weighted by Gasteiger charge is -2.09. The van der Waals surface area contributed by atoms with Crippen LogP contribution in [0.3, 0.4) is 0 Å². The highest BCUT2D eigenvalue weighted by Gasteiger charge is 2.23. The van der Waals surface area contributed by atoms with Crippen molar-refractivity contribution < 1.29 is 22.7 Å². The SMILES string of the molecule is Cc1cc(C)c2c(-n3cccc3)c(C(=O)OCCOc3ccc(S(N)(=O)=O)cc3)sc2n1. The van der Waals surface area contributed by atoms with E-state index in [0.29, 0.717) is 10.6 Å². The molecule has 3 heterocycles. The van der Waals surface area contributed by atoms with Crippen LogP contribution in [0.2, 0.25) is 0 Å². The quantitative estimate of drug-likeness (QED) is 0.326. The molecule has 32 heavy (non-hydrogen) atoms. The molecule has 4 rings (SSSR count). The number of nitrogens with two attached hydrogens (primary N) is 1. The standard InChI is InChI=1S/C22H21N3O5S2/c1-14-13-15(2)24-21-18(14)19(25-9-3-4-10-25)20(31-21)22(26)30-12-11-29-16-5-7-17(8-6-16)32(23,27)28/h3-10,13H,11-12H2,1-2H3,(H2,23,27,28). The summed E-state index contributed by atoms with van der Waals surface area (Å²) in [5, 5.41) is 6.00. The van der Waals surface area contributed by atoms with Crippen molar-refractivity contribution in [3.05, 3.63) is 71.0 Å². The number of rotatable bonds is 7. The molecule has 8 nitrogen and oxygen atoms in total. The van der Waals surface area contributed by atoms with Crippen LogP contribution >= 0.6 is 11.3 Å². The van der Waals surface area contributed by atoms with Gasteiger partial charge >= 0.3 is 5.97 Å². The van der Waals surface area contributed by atoms with Crippen LogP contribution in [-0.4, -0.2) is 37.2 Å². The van der Waals surface area contributed by atoms with Crippen LogP contribution in [0, 0.1) is 13.8 Å². The van der Waals surface area contributed by atoms with E-state index in [-0.39, 0.29) is 18.1 Å². The Morgan fingerprint density at radius 3 is 2.47 bits per heavy atom. The number of fused-ring (bicyclic) bond motifs is 1. The first kappa shape index (κ1) is 22.0. The summed E-state index contributed by atoms with van der Waals surface area (Å²) in [6.07, 6.45) is 3.76. The summed E-state index contributed by atoms with van der Waals surface area (Å²) < 4.78 is 35.5. The van der Waals surface area contributed by atoms with E-state index in [1.54, 1.807) is 0 Å². The van der Waals surface area contributed by atoms with Crippen molar-refractivity contribution in [1.29, 1.82) is 0 Å². The summed E-state index contributed by atoms with van der Waals surface area (Å²) in [5.41, 5.74) is 2.68. The van der Waals surface area contributed by atoms with Crippen molar-refractivity contribution in [3.63, 3.8) is 0 Å². The number of nitrogens with zero attached hydrogens (tertiary/aromatic N) is 2. The van der Waals surface area contributed by atoms with Crippen molar-refractivity contribution in [1.82, 2.24) is 9.55 Å². The van der Waals surface area contributed by atoms with E-state index in [1.165, 1.54) is 35.6 Å². The number of ether oxygens (including phenoxy) is 2. The van der Waals surface area contributed by atoms with Gasteiger partial charge in [-0.2, -0.15) is 0 Å². The van der Waals surface area contributed by atoms with E-state index in [2.05, 4.69) is 4.98 Å². The minimum absolute atomic E-state index is 0.00211. The molecule has 1 aromatic carbocycles. The topological polar surface area (TPSA) is 114 Å². The second-order valence-electron chi connectivity index (χ2n) is 7.13. The Hall–Kier alpha value is -3.21. The van der Waals surface area contributed by atoms with Crippen molar-refractivity contribution in [3.8, 4) is 11.4 Å². The molecular weight excluding hydrogens is 450 g/mol. The molecule has 0 radical (unpaired) electrons. The molecular formula is C22H21N3O5S2. The molecule has 0 saturated carbocycles. The highest BCUT2D eigenvalue weighted by atomic mass is 32.2. The minimum atomic E-state index is -3.76. The van der Waals surface area contributed by atoms with Crippen LogP contribution in [-0.2, 0) is 14.8 Å². The summed E-state index contributed by atoms with van der Waals surface area (Å²) in [6, 6.07) is 11.5. The summed E-state index contributed by atoms with van der Waals surface area (Å²) >= 11 is 1.30. The second kappa shape index (κ2) is 8.73. The van der Waals surface area contributed by atoms with Crippen LogP contribution in [0.15, 0.2) is 59.8 Å². The zero-order valence-corrected chi connectivity index (χ0v) is 19.1. The number of hydrogen-bond donors (Lipinski definition) is 1.